The molecule has 1 fully saturated rings. The topological polar surface area (TPSA) is 60.0 Å². The fourth-order valence-electron chi connectivity index (χ4n) is 3.54. The predicted molar refractivity (Wildman–Crippen MR) is 101 cm³/mol. The highest BCUT2D eigenvalue weighted by atomic mass is 79.9. The average molecular weight is 397 g/mol. The van der Waals surface area contributed by atoms with E-state index >= 15 is 0 Å². The van der Waals surface area contributed by atoms with E-state index in [0.717, 1.165) is 40.6 Å². The molecule has 7 heteroatoms. The molecule has 2 aromatic heterocycles. The normalized spacial score (nSPS) is 19.9. The zero-order valence-corrected chi connectivity index (χ0v) is 15.4. The van der Waals surface area contributed by atoms with Crippen LogP contribution in [0.15, 0.2) is 35.1 Å². The minimum atomic E-state index is 0.329. The molecule has 1 aliphatic carbocycles. The van der Waals surface area contributed by atoms with Crippen molar-refractivity contribution in [3.8, 4) is 0 Å². The first-order valence-electron chi connectivity index (χ1n) is 8.22. The van der Waals surface area contributed by atoms with Crippen LogP contribution in [-0.2, 0) is 7.05 Å². The molecular weight excluding hydrogens is 380 g/mol. The number of benzene rings is 1. The maximum Gasteiger partial charge on any atom is 0.223 e. The Morgan fingerprint density at radius 2 is 2.08 bits per heavy atom. The van der Waals surface area contributed by atoms with Crippen molar-refractivity contribution in [3.63, 3.8) is 0 Å². The van der Waals surface area contributed by atoms with E-state index in [1.54, 1.807) is 12.4 Å². The molecule has 0 spiro atoms. The van der Waals surface area contributed by atoms with Crippen molar-refractivity contribution < 1.29 is 0 Å². The number of aryl methyl sites for hydroxylation is 1. The van der Waals surface area contributed by atoms with Crippen LogP contribution in [0, 0.1) is 6.57 Å². The molecule has 2 atom stereocenters. The van der Waals surface area contributed by atoms with Crippen LogP contribution in [0.3, 0.4) is 0 Å². The Labute approximate surface area is 154 Å². The highest BCUT2D eigenvalue weighted by Gasteiger charge is 2.29. The minimum Gasteiger partial charge on any atom is -0.352 e. The lowest BCUT2D eigenvalue weighted by Gasteiger charge is -2.13. The number of halogens is 1. The van der Waals surface area contributed by atoms with Gasteiger partial charge < -0.3 is 9.88 Å². The Morgan fingerprint density at radius 1 is 1.28 bits per heavy atom. The van der Waals surface area contributed by atoms with Crippen LogP contribution in [-0.4, -0.2) is 25.6 Å². The van der Waals surface area contributed by atoms with E-state index in [9.17, 15) is 0 Å². The van der Waals surface area contributed by atoms with Gasteiger partial charge in [-0.25, -0.2) is 19.8 Å². The Hall–Kier alpha value is -2.46. The lowest BCUT2D eigenvalue weighted by Crippen LogP contribution is -2.17. The maximum absolute atomic E-state index is 6.95. The van der Waals surface area contributed by atoms with Crippen molar-refractivity contribution in [1.29, 1.82) is 0 Å². The first-order valence-corrected chi connectivity index (χ1v) is 9.01. The van der Waals surface area contributed by atoms with Gasteiger partial charge in [0, 0.05) is 35.9 Å². The summed E-state index contributed by atoms with van der Waals surface area (Å²) in [6.07, 6.45) is 6.27. The number of fused-ring (bicyclic) bond motifs is 1. The van der Waals surface area contributed by atoms with Crippen molar-refractivity contribution in [2.45, 2.75) is 31.2 Å². The van der Waals surface area contributed by atoms with Gasteiger partial charge in [-0.1, -0.05) is 15.9 Å². The molecule has 1 saturated carbocycles. The lowest BCUT2D eigenvalue weighted by molar-refractivity contribution is 0.629. The smallest absolute Gasteiger partial charge is 0.223 e. The summed E-state index contributed by atoms with van der Waals surface area (Å²) >= 11 is 3.52. The van der Waals surface area contributed by atoms with Gasteiger partial charge in [0.05, 0.1) is 17.6 Å². The quantitative estimate of drug-likeness (QED) is 0.665. The molecule has 1 N–H and O–H groups in total. The molecule has 0 amide bonds. The molecule has 4 rings (SSSR count). The summed E-state index contributed by atoms with van der Waals surface area (Å²) < 4.78 is 3.26. The van der Waals surface area contributed by atoms with Gasteiger partial charge in [-0.15, -0.1) is 0 Å². The second kappa shape index (κ2) is 6.45. The number of anilines is 1. The fraction of sp³-hybridized carbons (Fsp3) is 0.333. The van der Waals surface area contributed by atoms with Crippen LogP contribution in [0.25, 0.3) is 15.9 Å². The largest absolute Gasteiger partial charge is 0.352 e. The molecule has 0 aliphatic heterocycles. The first-order chi connectivity index (χ1) is 12.1. The number of hydrogen-bond donors (Lipinski definition) is 1. The molecule has 0 saturated heterocycles. The summed E-state index contributed by atoms with van der Waals surface area (Å²) in [7, 11) is 2.09. The SMILES string of the molecule is [C-]#[N+]c1cnc(N[C@@H]2CC[C@H](c3nc4cc(Br)ccc4n3C)C2)nc1. The highest BCUT2D eigenvalue weighted by molar-refractivity contribution is 9.10. The van der Waals surface area contributed by atoms with Gasteiger partial charge in [-0.3, -0.25) is 0 Å². The summed E-state index contributed by atoms with van der Waals surface area (Å²) in [5.74, 6) is 2.16. The van der Waals surface area contributed by atoms with Crippen LogP contribution >= 0.6 is 15.9 Å². The van der Waals surface area contributed by atoms with Gasteiger partial charge in [-0.05, 0) is 37.5 Å². The van der Waals surface area contributed by atoms with E-state index in [2.05, 4.69) is 65.9 Å². The molecule has 0 bridgehead atoms. The van der Waals surface area contributed by atoms with Crippen LogP contribution in [0.4, 0.5) is 11.6 Å². The van der Waals surface area contributed by atoms with Crippen molar-refractivity contribution in [2.24, 2.45) is 7.05 Å². The summed E-state index contributed by atoms with van der Waals surface area (Å²) in [6, 6.07) is 6.55. The van der Waals surface area contributed by atoms with E-state index in [1.165, 1.54) is 0 Å². The van der Waals surface area contributed by atoms with Crippen LogP contribution < -0.4 is 5.32 Å². The maximum atomic E-state index is 6.95. The Morgan fingerprint density at radius 3 is 2.84 bits per heavy atom. The number of nitrogens with zero attached hydrogens (tertiary/aromatic N) is 5. The van der Waals surface area contributed by atoms with E-state index in [-0.39, 0.29) is 0 Å². The molecule has 0 unspecified atom stereocenters. The van der Waals surface area contributed by atoms with Gasteiger partial charge in [0.2, 0.25) is 11.6 Å². The minimum absolute atomic E-state index is 0.329. The molecule has 1 aliphatic rings. The number of aromatic nitrogens is 4. The molecule has 3 aromatic rings. The van der Waals surface area contributed by atoms with Crippen molar-refractivity contribution >= 4 is 38.6 Å². The summed E-state index contributed by atoms with van der Waals surface area (Å²) in [5, 5.41) is 3.38. The standard InChI is InChI=1S/C18H17BrN6/c1-20-14-9-21-18(22-10-14)23-13-5-3-11(7-13)17-24-15-8-12(19)4-6-16(15)25(17)2/h4,6,8-11,13H,3,5,7H2,2H3,(H,21,22,23)/t11-,13+/m0/s1. The third-order valence-corrected chi connectivity index (χ3v) is 5.27. The fourth-order valence-corrected chi connectivity index (χ4v) is 3.89. The van der Waals surface area contributed by atoms with Gasteiger partial charge in [-0.2, -0.15) is 0 Å². The zero-order chi connectivity index (χ0) is 17.4. The van der Waals surface area contributed by atoms with Gasteiger partial charge >= 0.3 is 0 Å². The molecule has 2 heterocycles. The number of imidazole rings is 1. The van der Waals surface area contributed by atoms with Crippen LogP contribution in [0.2, 0.25) is 0 Å². The van der Waals surface area contributed by atoms with Crippen molar-refractivity contribution in [1.82, 2.24) is 19.5 Å². The Kier molecular flexibility index (Phi) is 4.14. The number of nitrogens with one attached hydrogen (secondary N) is 1. The van der Waals surface area contributed by atoms with Gasteiger partial charge in [0.1, 0.15) is 5.82 Å². The van der Waals surface area contributed by atoms with Crippen LogP contribution in [0.5, 0.6) is 0 Å². The van der Waals surface area contributed by atoms with E-state index in [0.29, 0.717) is 23.6 Å². The van der Waals surface area contributed by atoms with Crippen molar-refractivity contribution in [3.05, 3.63) is 52.3 Å². The summed E-state index contributed by atoms with van der Waals surface area (Å²) in [4.78, 5) is 16.6. The molecule has 25 heavy (non-hydrogen) atoms. The molecular formula is C18H17BrN6. The van der Waals surface area contributed by atoms with Gasteiger partial charge in [0.15, 0.2) is 0 Å². The zero-order valence-electron chi connectivity index (χ0n) is 13.8. The molecule has 126 valence electrons. The van der Waals surface area contributed by atoms with Crippen LogP contribution in [0.1, 0.15) is 31.0 Å². The number of rotatable bonds is 3. The third kappa shape index (κ3) is 3.10. The van der Waals surface area contributed by atoms with Crippen molar-refractivity contribution in [2.75, 3.05) is 5.32 Å². The summed E-state index contributed by atoms with van der Waals surface area (Å²) in [6.45, 7) is 6.95. The second-order valence-corrected chi connectivity index (χ2v) is 7.31. The third-order valence-electron chi connectivity index (χ3n) is 4.78. The number of hydrogen-bond acceptors (Lipinski definition) is 4. The predicted octanol–water partition coefficient (Wildman–Crippen LogP) is 4.42. The van der Waals surface area contributed by atoms with E-state index in [4.69, 9.17) is 11.6 Å². The average Bonchev–Trinajstić information content (AvgIpc) is 3.20. The molecule has 6 nitrogen and oxygen atoms in total. The monoisotopic (exact) mass is 396 g/mol. The second-order valence-electron chi connectivity index (χ2n) is 6.39. The lowest BCUT2D eigenvalue weighted by atomic mass is 10.1. The summed E-state index contributed by atoms with van der Waals surface area (Å²) in [5.41, 5.74) is 2.65. The molecule has 1 aromatic carbocycles. The first kappa shape index (κ1) is 16.0. The van der Waals surface area contributed by atoms with Gasteiger partial charge in [0.25, 0.3) is 0 Å². The highest BCUT2D eigenvalue weighted by Crippen LogP contribution is 2.36. The molecule has 0 radical (unpaired) electrons. The van der Waals surface area contributed by atoms with E-state index < -0.39 is 0 Å². The Balaban J connectivity index is 1.50. The Bertz CT molecular complexity index is 956. The van der Waals surface area contributed by atoms with E-state index in [1.807, 2.05) is 0 Å².